The van der Waals surface area contributed by atoms with Crippen LogP contribution in [0, 0.1) is 64.0 Å². The van der Waals surface area contributed by atoms with Gasteiger partial charge in [0.25, 0.3) is 0 Å². The van der Waals surface area contributed by atoms with Crippen LogP contribution in [-0.4, -0.2) is 7.11 Å². The fourth-order valence-electron chi connectivity index (χ4n) is 4.53. The molecular weight excluding hydrogens is 549 g/mol. The summed E-state index contributed by atoms with van der Waals surface area (Å²) in [5.74, 6) is -22.0. The van der Waals surface area contributed by atoms with Crippen molar-refractivity contribution in [3.63, 3.8) is 0 Å². The molecule has 0 amide bonds. The third-order valence-corrected chi connectivity index (χ3v) is 6.16. The molecule has 0 aromatic heterocycles. The molecule has 0 unspecified atom stereocenters. The minimum absolute atomic E-state index is 0.125. The first-order chi connectivity index (χ1) is 18.4. The SMILES string of the molecule is COc1c(F)c(F)c(-c2c3cc(F)ccc3c(-c3c(F)c(F)cc(F)c3F)c3cc(F)c(F)cc23)c(F)c1F. The van der Waals surface area contributed by atoms with Crippen molar-refractivity contribution in [2.24, 2.45) is 0 Å². The molecule has 0 saturated carbocycles. The first-order valence-electron chi connectivity index (χ1n) is 10.7. The largest absolute Gasteiger partial charge is 0.491 e. The van der Waals surface area contributed by atoms with Gasteiger partial charge < -0.3 is 4.74 Å². The highest BCUT2D eigenvalue weighted by Gasteiger charge is 2.32. The molecule has 0 fully saturated rings. The van der Waals surface area contributed by atoms with Gasteiger partial charge in [0.05, 0.1) is 18.2 Å². The molecule has 39 heavy (non-hydrogen) atoms. The monoisotopic (exact) mass is 558 g/mol. The van der Waals surface area contributed by atoms with E-state index in [1.807, 2.05) is 0 Å². The van der Waals surface area contributed by atoms with Gasteiger partial charge in [-0.2, -0.15) is 8.78 Å². The summed E-state index contributed by atoms with van der Waals surface area (Å²) in [7, 11) is 0.703. The standard InChI is InChI=1S/C27H9F11O/c1-39-27-25(37)23(35)20(24(36)26(27)38)18-10-4-8(28)2-3-9(10)17(11-5-13(29)14(30)6-12(11)18)19-21(33)15(31)7-16(32)22(19)34/h2-7H,1H3. The minimum atomic E-state index is -2.09. The minimum Gasteiger partial charge on any atom is -0.491 e. The van der Waals surface area contributed by atoms with Crippen molar-refractivity contribution in [3.05, 3.63) is 100 Å². The van der Waals surface area contributed by atoms with Gasteiger partial charge in [-0.05, 0) is 45.8 Å². The molecule has 0 spiro atoms. The zero-order chi connectivity index (χ0) is 28.5. The molecular formula is C27H9F11O. The van der Waals surface area contributed by atoms with Crippen LogP contribution in [0.5, 0.6) is 5.75 Å². The molecule has 0 bridgehead atoms. The molecule has 5 aromatic rings. The second kappa shape index (κ2) is 9.14. The Kier molecular flexibility index (Phi) is 6.15. The molecule has 5 aromatic carbocycles. The van der Waals surface area contributed by atoms with Crippen molar-refractivity contribution >= 4 is 21.5 Å². The molecule has 0 aliphatic rings. The van der Waals surface area contributed by atoms with Crippen molar-refractivity contribution < 1.29 is 53.0 Å². The van der Waals surface area contributed by atoms with Gasteiger partial charge in [-0.25, -0.2) is 39.5 Å². The summed E-state index contributed by atoms with van der Waals surface area (Å²) in [5, 5.41) is -2.95. The summed E-state index contributed by atoms with van der Waals surface area (Å²) in [4.78, 5) is 0. The van der Waals surface area contributed by atoms with E-state index in [2.05, 4.69) is 4.74 Å². The zero-order valence-electron chi connectivity index (χ0n) is 19.0. The number of benzene rings is 5. The second-order valence-electron chi connectivity index (χ2n) is 8.26. The molecule has 0 saturated heterocycles. The Morgan fingerprint density at radius 1 is 0.410 bits per heavy atom. The van der Waals surface area contributed by atoms with Crippen molar-refractivity contribution in [2.45, 2.75) is 0 Å². The number of methoxy groups -OCH3 is 1. The van der Waals surface area contributed by atoms with Gasteiger partial charge in [0.1, 0.15) is 5.82 Å². The van der Waals surface area contributed by atoms with E-state index in [0.29, 0.717) is 25.3 Å². The lowest BCUT2D eigenvalue weighted by molar-refractivity contribution is 0.334. The normalized spacial score (nSPS) is 11.6. The number of halogens is 11. The fraction of sp³-hybridized carbons (Fsp3) is 0.0370. The predicted molar refractivity (Wildman–Crippen MR) is 118 cm³/mol. The molecule has 5 rings (SSSR count). The van der Waals surface area contributed by atoms with Gasteiger partial charge in [-0.3, -0.25) is 0 Å². The van der Waals surface area contributed by atoms with Crippen LogP contribution in [0.2, 0.25) is 0 Å². The first kappa shape index (κ1) is 26.3. The maximum Gasteiger partial charge on any atom is 0.204 e. The van der Waals surface area contributed by atoms with Gasteiger partial charge in [0.2, 0.25) is 11.6 Å². The lowest BCUT2D eigenvalue weighted by Gasteiger charge is -2.20. The van der Waals surface area contributed by atoms with Crippen LogP contribution in [-0.2, 0) is 0 Å². The third kappa shape index (κ3) is 3.76. The Bertz CT molecular complexity index is 1810. The third-order valence-electron chi connectivity index (χ3n) is 6.16. The topological polar surface area (TPSA) is 9.23 Å². The van der Waals surface area contributed by atoms with E-state index in [1.54, 1.807) is 0 Å². The van der Waals surface area contributed by atoms with E-state index in [4.69, 9.17) is 0 Å². The van der Waals surface area contributed by atoms with E-state index in [1.165, 1.54) is 0 Å². The maximum absolute atomic E-state index is 15.2. The van der Waals surface area contributed by atoms with Crippen LogP contribution in [0.25, 0.3) is 43.8 Å². The Labute approximate surface area is 210 Å². The summed E-state index contributed by atoms with van der Waals surface area (Å²) in [6, 6.07) is 2.38. The number of hydrogen-bond donors (Lipinski definition) is 0. The number of fused-ring (bicyclic) bond motifs is 2. The number of ether oxygens (including phenoxy) is 1. The summed E-state index contributed by atoms with van der Waals surface area (Å²) < 4.78 is 166. The second-order valence-corrected chi connectivity index (χ2v) is 8.26. The molecule has 0 aliphatic carbocycles. The van der Waals surface area contributed by atoms with Crippen molar-refractivity contribution in [3.8, 4) is 28.0 Å². The van der Waals surface area contributed by atoms with E-state index < -0.39 is 114 Å². The smallest absolute Gasteiger partial charge is 0.204 e. The van der Waals surface area contributed by atoms with Crippen molar-refractivity contribution in [2.75, 3.05) is 7.11 Å². The van der Waals surface area contributed by atoms with Gasteiger partial charge in [-0.15, -0.1) is 0 Å². The van der Waals surface area contributed by atoms with Crippen LogP contribution in [0.4, 0.5) is 48.3 Å². The van der Waals surface area contributed by atoms with Crippen LogP contribution >= 0.6 is 0 Å². The van der Waals surface area contributed by atoms with Crippen LogP contribution < -0.4 is 4.74 Å². The lowest BCUT2D eigenvalue weighted by atomic mass is 9.85. The van der Waals surface area contributed by atoms with Crippen LogP contribution in [0.3, 0.4) is 0 Å². The van der Waals surface area contributed by atoms with E-state index in [0.717, 1.165) is 6.07 Å². The first-order valence-corrected chi connectivity index (χ1v) is 10.7. The van der Waals surface area contributed by atoms with Gasteiger partial charge in [-0.1, -0.05) is 6.07 Å². The summed E-state index contributed by atoms with van der Waals surface area (Å²) >= 11 is 0. The molecule has 0 heterocycles. The molecule has 1 nitrogen and oxygen atoms in total. The average Bonchev–Trinajstić information content (AvgIpc) is 2.89. The predicted octanol–water partition coefficient (Wildman–Crippen LogP) is 8.87. The maximum atomic E-state index is 15.2. The highest BCUT2D eigenvalue weighted by atomic mass is 19.2. The molecule has 12 heteroatoms. The van der Waals surface area contributed by atoms with E-state index >= 15 is 8.78 Å². The highest BCUT2D eigenvalue weighted by Crippen LogP contribution is 2.48. The summed E-state index contributed by atoms with van der Waals surface area (Å²) in [5.41, 5.74) is -4.81. The van der Waals surface area contributed by atoms with E-state index in [-0.39, 0.29) is 12.1 Å². The van der Waals surface area contributed by atoms with Crippen molar-refractivity contribution in [1.82, 2.24) is 0 Å². The fourth-order valence-corrected chi connectivity index (χ4v) is 4.53. The van der Waals surface area contributed by atoms with Gasteiger partial charge >= 0.3 is 0 Å². The molecule has 0 aliphatic heterocycles. The van der Waals surface area contributed by atoms with Gasteiger partial charge in [0, 0.05) is 17.2 Å². The Hall–Kier alpha value is -4.35. The Morgan fingerprint density at radius 3 is 1.33 bits per heavy atom. The quantitative estimate of drug-likeness (QED) is 0.122. The summed E-state index contributed by atoms with van der Waals surface area (Å²) in [6.07, 6.45) is 0. The average molecular weight is 558 g/mol. The van der Waals surface area contributed by atoms with Crippen LogP contribution in [0.1, 0.15) is 0 Å². The number of hydrogen-bond acceptors (Lipinski definition) is 1. The van der Waals surface area contributed by atoms with Crippen LogP contribution in [0.15, 0.2) is 36.4 Å². The Balaban J connectivity index is 2.14. The molecule has 0 N–H and O–H groups in total. The van der Waals surface area contributed by atoms with Gasteiger partial charge in [0.15, 0.2) is 52.3 Å². The number of rotatable bonds is 3. The highest BCUT2D eigenvalue weighted by molar-refractivity contribution is 6.21. The molecule has 0 atom stereocenters. The lowest BCUT2D eigenvalue weighted by Crippen LogP contribution is -2.06. The Morgan fingerprint density at radius 2 is 0.846 bits per heavy atom. The van der Waals surface area contributed by atoms with Crippen molar-refractivity contribution in [1.29, 1.82) is 0 Å². The zero-order valence-corrected chi connectivity index (χ0v) is 19.0. The molecule has 0 radical (unpaired) electrons. The molecule has 200 valence electrons. The summed E-state index contributed by atoms with van der Waals surface area (Å²) in [6.45, 7) is 0. The van der Waals surface area contributed by atoms with E-state index in [9.17, 15) is 39.5 Å².